The van der Waals surface area contributed by atoms with E-state index in [2.05, 4.69) is 10.1 Å². The summed E-state index contributed by atoms with van der Waals surface area (Å²) in [5, 5.41) is 5.40. The number of amides is 1. The summed E-state index contributed by atoms with van der Waals surface area (Å²) in [7, 11) is 0. The van der Waals surface area contributed by atoms with Crippen LogP contribution >= 0.6 is 22.9 Å². The number of hydrogen-bond donors (Lipinski definition) is 1. The molecule has 11 heteroatoms. The van der Waals surface area contributed by atoms with E-state index in [1.807, 2.05) is 40.3 Å². The lowest BCUT2D eigenvalue weighted by Gasteiger charge is -2.12. The first-order valence-corrected chi connectivity index (χ1v) is 13.3. The molecular weight excluding hydrogens is 551 g/mol. The van der Waals surface area contributed by atoms with Crippen molar-refractivity contribution in [3.63, 3.8) is 0 Å². The summed E-state index contributed by atoms with van der Waals surface area (Å²) in [4.78, 5) is 17.7. The first-order chi connectivity index (χ1) is 18.8. The summed E-state index contributed by atoms with van der Waals surface area (Å²) in [5.41, 5.74) is 2.50. The zero-order chi connectivity index (χ0) is 27.7. The van der Waals surface area contributed by atoms with Crippen LogP contribution in [-0.4, -0.2) is 30.0 Å². The molecule has 0 fully saturated rings. The van der Waals surface area contributed by atoms with E-state index in [0.29, 0.717) is 42.4 Å². The van der Waals surface area contributed by atoms with Gasteiger partial charge in [0.1, 0.15) is 11.5 Å². The molecule has 204 valence electrons. The van der Waals surface area contributed by atoms with Gasteiger partial charge in [0.2, 0.25) is 0 Å². The lowest BCUT2D eigenvalue weighted by atomic mass is 10.1. The van der Waals surface area contributed by atoms with E-state index in [0.717, 1.165) is 16.1 Å². The van der Waals surface area contributed by atoms with E-state index in [1.165, 1.54) is 23.5 Å². The summed E-state index contributed by atoms with van der Waals surface area (Å²) >= 11 is 7.40. The molecule has 6 nitrogen and oxygen atoms in total. The molecule has 0 bridgehead atoms. The van der Waals surface area contributed by atoms with Crippen molar-refractivity contribution in [3.8, 4) is 22.8 Å². The van der Waals surface area contributed by atoms with Crippen LogP contribution < -0.4 is 19.6 Å². The Morgan fingerprint density at radius 3 is 2.38 bits per heavy atom. The minimum Gasteiger partial charge on any atom is -0.484 e. The van der Waals surface area contributed by atoms with Gasteiger partial charge in [-0.15, -0.1) is 24.5 Å². The second-order valence-electron chi connectivity index (χ2n) is 8.38. The number of carbonyl (C=O) groups is 1. The van der Waals surface area contributed by atoms with Gasteiger partial charge in [0.25, 0.3) is 5.91 Å². The molecule has 0 aliphatic heterocycles. The molecule has 1 aromatic heterocycles. The van der Waals surface area contributed by atoms with Crippen LogP contribution in [0.2, 0.25) is 5.02 Å². The largest absolute Gasteiger partial charge is 0.573 e. The molecule has 1 heterocycles. The minimum absolute atomic E-state index is 0.0884. The number of nitrogens with zero attached hydrogens (tertiary/aromatic N) is 2. The van der Waals surface area contributed by atoms with Gasteiger partial charge in [0.05, 0.1) is 12.2 Å². The predicted octanol–water partition coefficient (Wildman–Crippen LogP) is 6.45. The van der Waals surface area contributed by atoms with Gasteiger partial charge in [0, 0.05) is 23.5 Å². The zero-order valence-corrected chi connectivity index (χ0v) is 22.2. The van der Waals surface area contributed by atoms with Gasteiger partial charge in [-0.1, -0.05) is 41.9 Å². The third-order valence-electron chi connectivity index (χ3n) is 5.49. The predicted molar refractivity (Wildman–Crippen MR) is 145 cm³/mol. The van der Waals surface area contributed by atoms with Crippen LogP contribution in [0.4, 0.5) is 13.2 Å². The number of halogens is 4. The van der Waals surface area contributed by atoms with Gasteiger partial charge < -0.3 is 19.4 Å². The monoisotopic (exact) mass is 575 g/mol. The zero-order valence-electron chi connectivity index (χ0n) is 20.7. The van der Waals surface area contributed by atoms with Crippen molar-refractivity contribution in [1.82, 2.24) is 9.88 Å². The number of ether oxygens (including phenoxy) is 2. The molecule has 0 atom stereocenters. The maximum absolute atomic E-state index is 12.6. The number of aromatic nitrogens is 1. The quantitative estimate of drug-likeness (QED) is 0.209. The molecule has 0 saturated heterocycles. The smallest absolute Gasteiger partial charge is 0.484 e. The molecule has 0 saturated carbocycles. The van der Waals surface area contributed by atoms with Crippen LogP contribution in [0.3, 0.4) is 0 Å². The number of nitrogens with one attached hydrogen (secondary N) is 1. The third kappa shape index (κ3) is 8.90. The van der Waals surface area contributed by atoms with Gasteiger partial charge in [-0.3, -0.25) is 9.79 Å². The van der Waals surface area contributed by atoms with Crippen LogP contribution in [-0.2, 0) is 17.9 Å². The summed E-state index contributed by atoms with van der Waals surface area (Å²) < 4.78 is 49.1. The lowest BCUT2D eigenvalue weighted by Crippen LogP contribution is -2.30. The second kappa shape index (κ2) is 13.3. The highest BCUT2D eigenvalue weighted by molar-refractivity contribution is 7.07. The Hall–Kier alpha value is -3.76. The van der Waals surface area contributed by atoms with E-state index >= 15 is 0 Å². The van der Waals surface area contributed by atoms with Crippen molar-refractivity contribution in [2.75, 3.05) is 13.2 Å². The van der Waals surface area contributed by atoms with Gasteiger partial charge in [0.15, 0.2) is 11.4 Å². The van der Waals surface area contributed by atoms with E-state index in [-0.39, 0.29) is 18.3 Å². The SMILES string of the molecule is O=C(COc1ccccc1)NCCCn1c(-c2ccc(OC(F)(F)F)cc2)cs/c1=N\Cc1ccc(Cl)cc1. The molecule has 3 aromatic carbocycles. The van der Waals surface area contributed by atoms with Gasteiger partial charge >= 0.3 is 6.36 Å². The average Bonchev–Trinajstić information content (AvgIpc) is 3.32. The van der Waals surface area contributed by atoms with Crippen molar-refractivity contribution in [1.29, 1.82) is 0 Å². The number of carbonyl (C=O) groups excluding carboxylic acids is 1. The van der Waals surface area contributed by atoms with Gasteiger partial charge in [-0.05, 0) is 66.1 Å². The average molecular weight is 576 g/mol. The van der Waals surface area contributed by atoms with Gasteiger partial charge in [-0.25, -0.2) is 0 Å². The Morgan fingerprint density at radius 2 is 1.69 bits per heavy atom. The minimum atomic E-state index is -4.76. The maximum Gasteiger partial charge on any atom is 0.573 e. The highest BCUT2D eigenvalue weighted by atomic mass is 35.5. The summed E-state index contributed by atoms with van der Waals surface area (Å²) in [6.45, 7) is 1.28. The number of hydrogen-bond acceptors (Lipinski definition) is 5. The molecule has 39 heavy (non-hydrogen) atoms. The van der Waals surface area contributed by atoms with Crippen LogP contribution in [0.5, 0.6) is 11.5 Å². The molecule has 1 amide bonds. The maximum atomic E-state index is 12.6. The Labute approximate surface area is 232 Å². The lowest BCUT2D eigenvalue weighted by molar-refractivity contribution is -0.274. The molecule has 0 aliphatic carbocycles. The van der Waals surface area contributed by atoms with Gasteiger partial charge in [-0.2, -0.15) is 0 Å². The molecule has 1 N–H and O–H groups in total. The number of thiazole rings is 1. The summed E-state index contributed by atoms with van der Waals surface area (Å²) in [6.07, 6.45) is -4.15. The molecule has 0 radical (unpaired) electrons. The summed E-state index contributed by atoms with van der Waals surface area (Å²) in [5.74, 6) is 0.0909. The summed E-state index contributed by atoms with van der Waals surface area (Å²) in [6, 6.07) is 22.2. The van der Waals surface area contributed by atoms with E-state index in [4.69, 9.17) is 21.3 Å². The Morgan fingerprint density at radius 1 is 0.974 bits per heavy atom. The normalized spacial score (nSPS) is 11.8. The molecule has 0 aliphatic rings. The van der Waals surface area contributed by atoms with Crippen LogP contribution in [0.15, 0.2) is 89.2 Å². The van der Waals surface area contributed by atoms with Crippen molar-refractivity contribution in [2.45, 2.75) is 25.9 Å². The Balaban J connectivity index is 1.45. The first-order valence-electron chi connectivity index (χ1n) is 12.0. The molecule has 0 unspecified atom stereocenters. The van der Waals surface area contributed by atoms with Crippen molar-refractivity contribution in [2.24, 2.45) is 4.99 Å². The standard InChI is InChI=1S/C28H25ClF3N3O3S/c29-22-11-7-20(8-12-22)17-34-27-35(16-4-15-33-26(36)18-37-23-5-2-1-3-6-23)25(19-39-27)21-9-13-24(14-10-21)38-28(30,31)32/h1-3,5-14,19H,4,15-18H2,(H,33,36)/b34-27-. The topological polar surface area (TPSA) is 64.8 Å². The third-order valence-corrected chi connectivity index (χ3v) is 6.64. The number of benzene rings is 3. The number of rotatable bonds is 11. The molecule has 0 spiro atoms. The fourth-order valence-corrected chi connectivity index (χ4v) is 4.72. The number of alkyl halides is 3. The van der Waals surface area contributed by atoms with Crippen LogP contribution in [0.1, 0.15) is 12.0 Å². The van der Waals surface area contributed by atoms with Crippen LogP contribution in [0.25, 0.3) is 11.3 Å². The second-order valence-corrected chi connectivity index (χ2v) is 9.65. The Bertz CT molecular complexity index is 1420. The first kappa shape index (κ1) is 28.3. The van der Waals surface area contributed by atoms with Crippen molar-refractivity contribution >= 4 is 28.8 Å². The molecule has 4 rings (SSSR count). The van der Waals surface area contributed by atoms with Crippen molar-refractivity contribution in [3.05, 3.63) is 99.6 Å². The highest BCUT2D eigenvalue weighted by Crippen LogP contribution is 2.27. The van der Waals surface area contributed by atoms with E-state index in [9.17, 15) is 18.0 Å². The fraction of sp³-hybridized carbons (Fsp3) is 0.214. The molecule has 4 aromatic rings. The molecular formula is C28H25ClF3N3O3S. The fourth-order valence-electron chi connectivity index (χ4n) is 3.66. The highest BCUT2D eigenvalue weighted by Gasteiger charge is 2.31. The number of para-hydroxylation sites is 1. The van der Waals surface area contributed by atoms with E-state index in [1.54, 1.807) is 36.4 Å². The van der Waals surface area contributed by atoms with Crippen molar-refractivity contribution < 1.29 is 27.4 Å². The van der Waals surface area contributed by atoms with E-state index < -0.39 is 6.36 Å². The van der Waals surface area contributed by atoms with Crippen LogP contribution in [0, 0.1) is 0 Å². The Kier molecular flexibility index (Phi) is 9.67.